The summed E-state index contributed by atoms with van der Waals surface area (Å²) in [5.74, 6) is 1.35. The first-order chi connectivity index (χ1) is 15.5. The van der Waals surface area contributed by atoms with Crippen LogP contribution in [0.4, 0.5) is 0 Å². The Kier molecular flexibility index (Phi) is 10.0. The zero-order valence-corrected chi connectivity index (χ0v) is 22.2. The van der Waals surface area contributed by atoms with Crippen LogP contribution in [0, 0.1) is 19.3 Å². The van der Waals surface area contributed by atoms with Crippen molar-refractivity contribution in [1.29, 1.82) is 0 Å². The molecule has 33 heavy (non-hydrogen) atoms. The molecule has 2 rings (SSSR count). The second-order valence-corrected chi connectivity index (χ2v) is 10.5. The summed E-state index contributed by atoms with van der Waals surface area (Å²) in [7, 11) is 0. The van der Waals surface area contributed by atoms with Gasteiger partial charge < -0.3 is 9.47 Å². The van der Waals surface area contributed by atoms with Gasteiger partial charge in [-0.25, -0.2) is 0 Å². The molecule has 0 bridgehead atoms. The van der Waals surface area contributed by atoms with E-state index in [4.69, 9.17) is 9.47 Å². The Morgan fingerprint density at radius 1 is 0.970 bits per heavy atom. The zero-order chi connectivity index (χ0) is 24.6. The van der Waals surface area contributed by atoms with Crippen LogP contribution in [-0.4, -0.2) is 12.6 Å². The highest BCUT2D eigenvalue weighted by atomic mass is 16.5. The molecule has 0 aliphatic carbocycles. The first-order valence-corrected chi connectivity index (χ1v) is 12.4. The number of carbonyl (C=O) groups excluding carboxylic acids is 1. The minimum Gasteiger partial charge on any atom is -0.492 e. The van der Waals surface area contributed by atoms with Crippen molar-refractivity contribution in [2.75, 3.05) is 6.61 Å². The van der Waals surface area contributed by atoms with Gasteiger partial charge in [0.1, 0.15) is 11.5 Å². The van der Waals surface area contributed by atoms with Crippen LogP contribution in [0.5, 0.6) is 11.5 Å². The van der Waals surface area contributed by atoms with E-state index in [1.165, 1.54) is 23.6 Å². The Balaban J connectivity index is 1.90. The SMILES string of the molecule is CC(=O)Oc1cc2c(c(C)c1C)OCC(C)(CC/C=C(\C)CC/C=C(\C)CCC=C(C)C)C2. The second kappa shape index (κ2) is 12.3. The van der Waals surface area contributed by atoms with E-state index in [-0.39, 0.29) is 11.4 Å². The lowest BCUT2D eigenvalue weighted by atomic mass is 9.77. The van der Waals surface area contributed by atoms with E-state index in [1.807, 2.05) is 19.9 Å². The topological polar surface area (TPSA) is 35.5 Å². The highest BCUT2D eigenvalue weighted by Gasteiger charge is 2.32. The van der Waals surface area contributed by atoms with Gasteiger partial charge in [-0.15, -0.1) is 0 Å². The molecule has 182 valence electrons. The van der Waals surface area contributed by atoms with Gasteiger partial charge in [-0.2, -0.15) is 0 Å². The van der Waals surface area contributed by atoms with Gasteiger partial charge in [0.25, 0.3) is 0 Å². The van der Waals surface area contributed by atoms with Gasteiger partial charge in [-0.3, -0.25) is 4.79 Å². The Bertz CT molecular complexity index is 928. The van der Waals surface area contributed by atoms with Crippen LogP contribution in [0.15, 0.2) is 41.0 Å². The molecule has 1 aromatic carbocycles. The second-order valence-electron chi connectivity index (χ2n) is 10.5. The van der Waals surface area contributed by atoms with Crippen molar-refractivity contribution < 1.29 is 14.3 Å². The van der Waals surface area contributed by atoms with Crippen molar-refractivity contribution in [1.82, 2.24) is 0 Å². The van der Waals surface area contributed by atoms with E-state index < -0.39 is 0 Å². The van der Waals surface area contributed by atoms with E-state index in [1.54, 1.807) is 0 Å². The van der Waals surface area contributed by atoms with Crippen molar-refractivity contribution in [3.63, 3.8) is 0 Å². The Morgan fingerprint density at radius 3 is 2.18 bits per heavy atom. The van der Waals surface area contributed by atoms with Crippen LogP contribution >= 0.6 is 0 Å². The van der Waals surface area contributed by atoms with Gasteiger partial charge in [-0.05, 0) is 109 Å². The molecule has 0 amide bonds. The summed E-state index contributed by atoms with van der Waals surface area (Å²) in [6.45, 7) is 17.3. The third-order valence-corrected chi connectivity index (χ3v) is 6.67. The van der Waals surface area contributed by atoms with E-state index in [2.05, 4.69) is 52.8 Å². The van der Waals surface area contributed by atoms with Crippen LogP contribution in [0.25, 0.3) is 0 Å². The molecule has 0 saturated heterocycles. The summed E-state index contributed by atoms with van der Waals surface area (Å²) < 4.78 is 11.7. The number of hydrogen-bond acceptors (Lipinski definition) is 3. The van der Waals surface area contributed by atoms with E-state index >= 15 is 0 Å². The molecule has 0 aromatic heterocycles. The molecule has 3 heteroatoms. The standard InChI is InChI=1S/C30H44O3/c1-21(2)12-9-13-22(3)14-10-15-23(4)16-11-17-30(8)19-27-18-28(33-26(7)31)24(5)25(6)29(27)32-20-30/h12,14,16,18H,9-11,13,15,17,19-20H2,1-8H3/b22-14+,23-16+. The maximum Gasteiger partial charge on any atom is 0.308 e. The van der Waals surface area contributed by atoms with Crippen LogP contribution in [0.3, 0.4) is 0 Å². The molecule has 1 atom stereocenters. The number of rotatable bonds is 10. The molecule has 1 aliphatic heterocycles. The maximum atomic E-state index is 11.5. The molecule has 0 saturated carbocycles. The molecule has 1 heterocycles. The molecular formula is C30H44O3. The average Bonchev–Trinajstić information content (AvgIpc) is 2.71. The molecule has 0 spiro atoms. The molecule has 1 unspecified atom stereocenters. The third kappa shape index (κ3) is 8.53. The van der Waals surface area contributed by atoms with Crippen LogP contribution < -0.4 is 9.47 Å². The number of ether oxygens (including phenoxy) is 2. The minimum absolute atomic E-state index is 0.0837. The largest absolute Gasteiger partial charge is 0.492 e. The van der Waals surface area contributed by atoms with Gasteiger partial charge in [-0.1, -0.05) is 41.9 Å². The quantitative estimate of drug-likeness (QED) is 0.203. The Labute approximate surface area is 202 Å². The summed E-state index contributed by atoms with van der Waals surface area (Å²) >= 11 is 0. The fourth-order valence-corrected chi connectivity index (χ4v) is 4.44. The average molecular weight is 453 g/mol. The number of allylic oxidation sites excluding steroid dienone is 6. The first kappa shape index (κ1) is 27.0. The lowest BCUT2D eigenvalue weighted by Gasteiger charge is -2.36. The predicted molar refractivity (Wildman–Crippen MR) is 139 cm³/mol. The van der Waals surface area contributed by atoms with E-state index in [0.717, 1.165) is 74.0 Å². The third-order valence-electron chi connectivity index (χ3n) is 6.67. The molecule has 1 aromatic rings. The molecule has 0 radical (unpaired) electrons. The number of fused-ring (bicyclic) bond motifs is 1. The van der Waals surface area contributed by atoms with Crippen LogP contribution in [-0.2, 0) is 11.2 Å². The van der Waals surface area contributed by atoms with Crippen molar-refractivity contribution in [2.45, 2.75) is 100 Å². The van der Waals surface area contributed by atoms with Gasteiger partial charge in [0.15, 0.2) is 0 Å². The number of carbonyl (C=O) groups is 1. The molecule has 0 N–H and O–H groups in total. The van der Waals surface area contributed by atoms with E-state index in [0.29, 0.717) is 5.75 Å². The van der Waals surface area contributed by atoms with Crippen molar-refractivity contribution in [3.05, 3.63) is 57.7 Å². The zero-order valence-electron chi connectivity index (χ0n) is 22.2. The molecular weight excluding hydrogens is 408 g/mol. The van der Waals surface area contributed by atoms with Crippen molar-refractivity contribution in [3.8, 4) is 11.5 Å². The van der Waals surface area contributed by atoms with Crippen molar-refractivity contribution in [2.24, 2.45) is 5.41 Å². The highest BCUT2D eigenvalue weighted by molar-refractivity contribution is 5.70. The Hall–Kier alpha value is -2.29. The minimum atomic E-state index is -0.282. The number of benzene rings is 1. The van der Waals surface area contributed by atoms with Gasteiger partial charge in [0, 0.05) is 12.3 Å². The van der Waals surface area contributed by atoms with Gasteiger partial charge in [0.2, 0.25) is 0 Å². The fourth-order valence-electron chi connectivity index (χ4n) is 4.44. The highest BCUT2D eigenvalue weighted by Crippen LogP contribution is 2.43. The van der Waals surface area contributed by atoms with Gasteiger partial charge >= 0.3 is 5.97 Å². The number of esters is 1. The summed E-state index contributed by atoms with van der Waals surface area (Å²) in [6.07, 6.45) is 14.7. The van der Waals surface area contributed by atoms with Crippen molar-refractivity contribution >= 4 is 5.97 Å². The fraction of sp³-hybridized carbons (Fsp3) is 0.567. The van der Waals surface area contributed by atoms with E-state index in [9.17, 15) is 4.79 Å². The monoisotopic (exact) mass is 452 g/mol. The van der Waals surface area contributed by atoms with Crippen LogP contribution in [0.2, 0.25) is 0 Å². The first-order valence-electron chi connectivity index (χ1n) is 12.4. The van der Waals surface area contributed by atoms with Crippen LogP contribution in [0.1, 0.15) is 96.8 Å². The number of hydrogen-bond donors (Lipinski definition) is 0. The lowest BCUT2D eigenvalue weighted by molar-refractivity contribution is -0.131. The summed E-state index contributed by atoms with van der Waals surface area (Å²) in [5.41, 5.74) is 7.64. The van der Waals surface area contributed by atoms with Gasteiger partial charge in [0.05, 0.1) is 6.61 Å². The molecule has 3 nitrogen and oxygen atoms in total. The molecule has 0 fully saturated rings. The summed E-state index contributed by atoms with van der Waals surface area (Å²) in [5, 5.41) is 0. The Morgan fingerprint density at radius 2 is 1.58 bits per heavy atom. The predicted octanol–water partition coefficient (Wildman–Crippen LogP) is 8.37. The molecule has 1 aliphatic rings. The summed E-state index contributed by atoms with van der Waals surface area (Å²) in [6, 6.07) is 2.00. The summed E-state index contributed by atoms with van der Waals surface area (Å²) in [4.78, 5) is 11.5. The normalized spacial score (nSPS) is 18.4. The lowest BCUT2D eigenvalue weighted by Crippen LogP contribution is -2.32. The smallest absolute Gasteiger partial charge is 0.308 e. The maximum absolute atomic E-state index is 11.5.